The summed E-state index contributed by atoms with van der Waals surface area (Å²) in [5, 5.41) is 14.2. The Morgan fingerprint density at radius 1 is 1.10 bits per heavy atom. The highest BCUT2D eigenvalue weighted by Gasteiger charge is 2.19. The summed E-state index contributed by atoms with van der Waals surface area (Å²) >= 11 is 0. The summed E-state index contributed by atoms with van der Waals surface area (Å²) in [5.41, 5.74) is 3.36. The van der Waals surface area contributed by atoms with Gasteiger partial charge >= 0.3 is 5.97 Å². The van der Waals surface area contributed by atoms with Crippen molar-refractivity contribution in [2.75, 3.05) is 13.7 Å². The molecule has 1 aromatic heterocycles. The second kappa shape index (κ2) is 8.82. The van der Waals surface area contributed by atoms with E-state index in [0.717, 1.165) is 23.6 Å². The van der Waals surface area contributed by atoms with Crippen LogP contribution in [0.1, 0.15) is 31.1 Å². The van der Waals surface area contributed by atoms with Crippen molar-refractivity contribution in [1.82, 2.24) is 9.78 Å². The van der Waals surface area contributed by atoms with E-state index in [1.54, 1.807) is 19.2 Å². The van der Waals surface area contributed by atoms with E-state index in [9.17, 15) is 9.90 Å². The van der Waals surface area contributed by atoms with Crippen LogP contribution in [0.5, 0.6) is 11.5 Å². The van der Waals surface area contributed by atoms with Gasteiger partial charge in [0.2, 0.25) is 0 Å². The van der Waals surface area contributed by atoms with Crippen LogP contribution in [0.2, 0.25) is 0 Å². The molecule has 0 aliphatic heterocycles. The van der Waals surface area contributed by atoms with Crippen LogP contribution in [0.3, 0.4) is 0 Å². The summed E-state index contributed by atoms with van der Waals surface area (Å²) in [6.45, 7) is 7.50. The molecule has 0 fully saturated rings. The third kappa shape index (κ3) is 4.42. The van der Waals surface area contributed by atoms with Crippen LogP contribution >= 0.6 is 0 Å². The van der Waals surface area contributed by atoms with Gasteiger partial charge < -0.3 is 14.6 Å². The molecule has 0 aliphatic rings. The highest BCUT2D eigenvalue weighted by molar-refractivity contribution is 5.90. The van der Waals surface area contributed by atoms with Crippen LogP contribution in [-0.4, -0.2) is 34.6 Å². The molecule has 6 nitrogen and oxygen atoms in total. The number of aromatic nitrogens is 2. The normalized spacial score (nSPS) is 10.9. The Bertz CT molecular complexity index is 1010. The molecule has 6 heteroatoms. The van der Waals surface area contributed by atoms with Gasteiger partial charge in [-0.1, -0.05) is 26.0 Å². The largest absolute Gasteiger partial charge is 0.496 e. The number of carboxylic acids is 1. The fourth-order valence-corrected chi connectivity index (χ4v) is 3.25. The summed E-state index contributed by atoms with van der Waals surface area (Å²) in [7, 11) is 1.57. The third-order valence-corrected chi connectivity index (χ3v) is 4.50. The van der Waals surface area contributed by atoms with Crippen molar-refractivity contribution in [2.45, 2.75) is 27.3 Å². The van der Waals surface area contributed by atoms with Crippen molar-refractivity contribution in [3.8, 4) is 34.0 Å². The minimum atomic E-state index is -0.988. The van der Waals surface area contributed by atoms with Crippen LogP contribution in [0.4, 0.5) is 0 Å². The summed E-state index contributed by atoms with van der Waals surface area (Å²) in [6, 6.07) is 14.6. The minimum Gasteiger partial charge on any atom is -0.496 e. The van der Waals surface area contributed by atoms with Gasteiger partial charge in [-0.3, -0.25) is 4.68 Å². The molecule has 0 spiro atoms. The Balaban J connectivity index is 2.19. The highest BCUT2D eigenvalue weighted by Crippen LogP contribution is 2.36. The molecule has 1 N–H and O–H groups in total. The number of nitrogens with zero attached hydrogens (tertiary/aromatic N) is 2. The van der Waals surface area contributed by atoms with Gasteiger partial charge in [-0.2, -0.15) is 5.10 Å². The lowest BCUT2D eigenvalue weighted by Gasteiger charge is -2.13. The molecular formula is C23H26N2O4. The fourth-order valence-electron chi connectivity index (χ4n) is 3.25. The summed E-state index contributed by atoms with van der Waals surface area (Å²) in [6.07, 6.45) is 0. The molecule has 0 saturated carbocycles. The van der Waals surface area contributed by atoms with E-state index in [0.29, 0.717) is 29.5 Å². The van der Waals surface area contributed by atoms with Gasteiger partial charge in [0.25, 0.3) is 0 Å². The zero-order valence-corrected chi connectivity index (χ0v) is 17.2. The van der Waals surface area contributed by atoms with Crippen molar-refractivity contribution in [3.05, 3.63) is 54.1 Å². The zero-order valence-electron chi connectivity index (χ0n) is 17.2. The smallest absolute Gasteiger partial charge is 0.335 e. The number of aromatic carboxylic acids is 1. The van der Waals surface area contributed by atoms with Crippen molar-refractivity contribution in [1.29, 1.82) is 0 Å². The summed E-state index contributed by atoms with van der Waals surface area (Å²) < 4.78 is 13.2. The second-order valence-corrected chi connectivity index (χ2v) is 7.14. The molecule has 152 valence electrons. The van der Waals surface area contributed by atoms with Gasteiger partial charge in [-0.25, -0.2) is 4.79 Å². The van der Waals surface area contributed by atoms with E-state index < -0.39 is 5.97 Å². The SMILES string of the molecule is CCOc1ccccc1-c1cc(-c2cc(C(=O)O)ccc2OC)nn1CC(C)C. The molecule has 2 aromatic carbocycles. The molecule has 0 unspecified atom stereocenters. The number of benzene rings is 2. The molecule has 0 atom stereocenters. The van der Waals surface area contributed by atoms with E-state index >= 15 is 0 Å². The van der Waals surface area contributed by atoms with Gasteiger partial charge in [0.05, 0.1) is 30.7 Å². The number of ether oxygens (including phenoxy) is 2. The number of hydrogen-bond acceptors (Lipinski definition) is 4. The maximum Gasteiger partial charge on any atom is 0.335 e. The number of hydrogen-bond donors (Lipinski definition) is 1. The monoisotopic (exact) mass is 394 g/mol. The highest BCUT2D eigenvalue weighted by atomic mass is 16.5. The Kier molecular flexibility index (Phi) is 6.22. The maximum atomic E-state index is 11.5. The molecule has 29 heavy (non-hydrogen) atoms. The minimum absolute atomic E-state index is 0.190. The number of methoxy groups -OCH3 is 1. The zero-order chi connectivity index (χ0) is 21.0. The number of rotatable bonds is 8. The van der Waals surface area contributed by atoms with E-state index in [1.165, 1.54) is 6.07 Å². The lowest BCUT2D eigenvalue weighted by atomic mass is 10.0. The Hall–Kier alpha value is -3.28. The van der Waals surface area contributed by atoms with Gasteiger partial charge in [-0.15, -0.1) is 0 Å². The average Bonchev–Trinajstić information content (AvgIpc) is 3.10. The Morgan fingerprint density at radius 2 is 1.86 bits per heavy atom. The first-order chi connectivity index (χ1) is 13.9. The molecule has 0 saturated heterocycles. The number of carbonyl (C=O) groups is 1. The Labute approximate surface area is 170 Å². The van der Waals surface area contributed by atoms with E-state index in [1.807, 2.05) is 41.9 Å². The first kappa shape index (κ1) is 20.5. The van der Waals surface area contributed by atoms with Crippen LogP contribution < -0.4 is 9.47 Å². The second-order valence-electron chi connectivity index (χ2n) is 7.14. The van der Waals surface area contributed by atoms with Gasteiger partial charge in [0.1, 0.15) is 11.5 Å². The molecule has 0 radical (unpaired) electrons. The predicted molar refractivity (Wildman–Crippen MR) is 113 cm³/mol. The van der Waals surface area contributed by atoms with Crippen LogP contribution in [-0.2, 0) is 6.54 Å². The average molecular weight is 394 g/mol. The standard InChI is InChI=1S/C23H26N2O4/c1-5-29-22-9-7-6-8-17(22)20-13-19(24-25(20)14-15(2)3)18-12-16(23(26)27)10-11-21(18)28-4/h6-13,15H,5,14H2,1-4H3,(H,26,27). The molecule has 1 heterocycles. The molecule has 3 aromatic rings. The summed E-state index contributed by atoms with van der Waals surface area (Å²) in [5.74, 6) is 0.761. The van der Waals surface area contributed by atoms with Crippen molar-refractivity contribution < 1.29 is 19.4 Å². The van der Waals surface area contributed by atoms with Crippen molar-refractivity contribution in [3.63, 3.8) is 0 Å². The van der Waals surface area contributed by atoms with Gasteiger partial charge in [-0.05, 0) is 49.2 Å². The predicted octanol–water partition coefficient (Wildman–Crippen LogP) is 4.98. The summed E-state index contributed by atoms with van der Waals surface area (Å²) in [4.78, 5) is 11.5. The molecular weight excluding hydrogens is 368 g/mol. The van der Waals surface area contributed by atoms with Crippen LogP contribution in [0.15, 0.2) is 48.5 Å². The first-order valence-corrected chi connectivity index (χ1v) is 9.66. The number of carboxylic acid groups (broad SMARTS) is 1. The first-order valence-electron chi connectivity index (χ1n) is 9.66. The number of para-hydroxylation sites is 1. The van der Waals surface area contributed by atoms with Crippen molar-refractivity contribution >= 4 is 5.97 Å². The fraction of sp³-hybridized carbons (Fsp3) is 0.304. The van der Waals surface area contributed by atoms with Gasteiger partial charge in [0, 0.05) is 17.7 Å². The van der Waals surface area contributed by atoms with E-state index in [4.69, 9.17) is 14.6 Å². The van der Waals surface area contributed by atoms with Crippen LogP contribution in [0, 0.1) is 5.92 Å². The topological polar surface area (TPSA) is 73.6 Å². The third-order valence-electron chi connectivity index (χ3n) is 4.50. The molecule has 0 aliphatic carbocycles. The lowest BCUT2D eigenvalue weighted by molar-refractivity contribution is 0.0697. The van der Waals surface area contributed by atoms with E-state index in [2.05, 4.69) is 13.8 Å². The molecule has 3 rings (SSSR count). The van der Waals surface area contributed by atoms with Gasteiger partial charge in [0.15, 0.2) is 0 Å². The van der Waals surface area contributed by atoms with Crippen LogP contribution in [0.25, 0.3) is 22.5 Å². The molecule has 0 bridgehead atoms. The molecule has 0 amide bonds. The lowest BCUT2D eigenvalue weighted by Crippen LogP contribution is -2.08. The quantitative estimate of drug-likeness (QED) is 0.583. The van der Waals surface area contributed by atoms with Crippen molar-refractivity contribution in [2.24, 2.45) is 5.92 Å². The van der Waals surface area contributed by atoms with E-state index in [-0.39, 0.29) is 5.56 Å². The Morgan fingerprint density at radius 3 is 2.52 bits per heavy atom. The maximum absolute atomic E-state index is 11.5.